The van der Waals surface area contributed by atoms with Gasteiger partial charge in [0, 0.05) is 29.1 Å². The zero-order valence-corrected chi connectivity index (χ0v) is 20.2. The molecular formula is C29H27FN4O2. The maximum absolute atomic E-state index is 13.3. The van der Waals surface area contributed by atoms with Gasteiger partial charge in [-0.05, 0) is 74.2 Å². The molecule has 0 unspecified atom stereocenters. The lowest BCUT2D eigenvalue weighted by Crippen LogP contribution is -2.39. The number of hydrogen-bond donors (Lipinski definition) is 1. The first-order chi connectivity index (χ1) is 17.4. The number of halogens is 1. The molecule has 1 fully saturated rings. The van der Waals surface area contributed by atoms with Gasteiger partial charge < -0.3 is 4.90 Å². The fourth-order valence-electron chi connectivity index (χ4n) is 4.12. The minimum absolute atomic E-state index is 0.00711. The maximum Gasteiger partial charge on any atom is 0.254 e. The number of carbonyl (C=O) groups is 2. The highest BCUT2D eigenvalue weighted by Crippen LogP contribution is 2.29. The number of hydrogen-bond acceptors (Lipinski definition) is 3. The average molecular weight is 483 g/mol. The standard InChI is InChI=1S/C29H27FN4O2/c1-19-8-13-25(16-20(19)2)34-17-26(21-6-4-3-5-7-21)31-29(34)32-27(35)18-33(24-14-15-24)28(36)22-9-11-23(30)12-10-22/h3-13,16-17,24H,14-15,18H2,1-2H3,(H,31,32,35). The summed E-state index contributed by atoms with van der Waals surface area (Å²) in [4.78, 5) is 32.5. The molecule has 5 rings (SSSR count). The van der Waals surface area contributed by atoms with Gasteiger partial charge in [-0.15, -0.1) is 0 Å². The van der Waals surface area contributed by atoms with Crippen LogP contribution >= 0.6 is 0 Å². The summed E-state index contributed by atoms with van der Waals surface area (Å²) >= 11 is 0. The first-order valence-corrected chi connectivity index (χ1v) is 12.0. The van der Waals surface area contributed by atoms with E-state index < -0.39 is 5.82 Å². The molecule has 36 heavy (non-hydrogen) atoms. The topological polar surface area (TPSA) is 67.2 Å². The molecule has 1 aliphatic rings. The SMILES string of the molecule is Cc1ccc(-n2cc(-c3ccccc3)nc2NC(=O)CN(C(=O)c2ccc(F)cc2)C2CC2)cc1C. The van der Waals surface area contributed by atoms with E-state index in [0.717, 1.165) is 35.3 Å². The highest BCUT2D eigenvalue weighted by atomic mass is 19.1. The van der Waals surface area contributed by atoms with Crippen molar-refractivity contribution in [3.63, 3.8) is 0 Å². The third-order valence-corrected chi connectivity index (χ3v) is 6.45. The number of benzene rings is 3. The summed E-state index contributed by atoms with van der Waals surface area (Å²) in [5.74, 6) is -0.649. The molecule has 6 nitrogen and oxygen atoms in total. The van der Waals surface area contributed by atoms with E-state index in [1.807, 2.05) is 60.2 Å². The predicted octanol–water partition coefficient (Wildman–Crippen LogP) is 5.54. The Morgan fingerprint density at radius 3 is 2.39 bits per heavy atom. The number of carbonyl (C=O) groups excluding carboxylic acids is 2. The second-order valence-electron chi connectivity index (χ2n) is 9.17. The van der Waals surface area contributed by atoms with Crippen LogP contribution in [0.2, 0.25) is 0 Å². The van der Waals surface area contributed by atoms with E-state index in [1.54, 1.807) is 4.90 Å². The maximum atomic E-state index is 13.3. The van der Waals surface area contributed by atoms with Crippen molar-refractivity contribution in [3.8, 4) is 16.9 Å². The molecule has 2 amide bonds. The monoisotopic (exact) mass is 482 g/mol. The van der Waals surface area contributed by atoms with Crippen LogP contribution in [-0.4, -0.2) is 38.9 Å². The van der Waals surface area contributed by atoms with Crippen molar-refractivity contribution in [3.05, 3.63) is 102 Å². The van der Waals surface area contributed by atoms with Gasteiger partial charge in [-0.25, -0.2) is 9.37 Å². The van der Waals surface area contributed by atoms with Crippen molar-refractivity contribution in [1.82, 2.24) is 14.5 Å². The molecule has 1 aliphatic carbocycles. The lowest BCUT2D eigenvalue weighted by atomic mass is 10.1. The van der Waals surface area contributed by atoms with Crippen molar-refractivity contribution in [2.24, 2.45) is 0 Å². The van der Waals surface area contributed by atoms with E-state index in [-0.39, 0.29) is 24.4 Å². The summed E-state index contributed by atoms with van der Waals surface area (Å²) in [6.07, 6.45) is 3.59. The smallest absolute Gasteiger partial charge is 0.254 e. The molecular weight excluding hydrogens is 455 g/mol. The molecule has 0 bridgehead atoms. The summed E-state index contributed by atoms with van der Waals surface area (Å²) in [7, 11) is 0. The van der Waals surface area contributed by atoms with Crippen molar-refractivity contribution in [1.29, 1.82) is 0 Å². The summed E-state index contributed by atoms with van der Waals surface area (Å²) in [5, 5.41) is 2.92. The Morgan fingerprint density at radius 1 is 1.00 bits per heavy atom. The summed E-state index contributed by atoms with van der Waals surface area (Å²) in [5.41, 5.74) is 5.20. The minimum atomic E-state index is -0.408. The van der Waals surface area contributed by atoms with Crippen LogP contribution in [0.1, 0.15) is 34.3 Å². The fourth-order valence-corrected chi connectivity index (χ4v) is 4.12. The molecule has 182 valence electrons. The molecule has 0 spiro atoms. The molecule has 0 atom stereocenters. The van der Waals surface area contributed by atoms with Gasteiger partial charge in [0.15, 0.2) is 0 Å². The van der Waals surface area contributed by atoms with Crippen LogP contribution in [0.5, 0.6) is 0 Å². The van der Waals surface area contributed by atoms with Crippen LogP contribution in [0.3, 0.4) is 0 Å². The molecule has 7 heteroatoms. The van der Waals surface area contributed by atoms with Crippen molar-refractivity contribution >= 4 is 17.8 Å². The lowest BCUT2D eigenvalue weighted by Gasteiger charge is -2.22. The van der Waals surface area contributed by atoms with Gasteiger partial charge in [0.25, 0.3) is 5.91 Å². The van der Waals surface area contributed by atoms with Crippen molar-refractivity contribution in [2.45, 2.75) is 32.7 Å². The number of aromatic nitrogens is 2. The second kappa shape index (κ2) is 9.77. The summed E-state index contributed by atoms with van der Waals surface area (Å²) < 4.78 is 15.2. The fraction of sp³-hybridized carbons (Fsp3) is 0.207. The number of aryl methyl sites for hydroxylation is 2. The van der Waals surface area contributed by atoms with Crippen LogP contribution in [-0.2, 0) is 4.79 Å². The van der Waals surface area contributed by atoms with Gasteiger partial charge >= 0.3 is 0 Å². The third-order valence-electron chi connectivity index (χ3n) is 6.45. The van der Waals surface area contributed by atoms with E-state index in [9.17, 15) is 14.0 Å². The van der Waals surface area contributed by atoms with Crippen LogP contribution < -0.4 is 5.32 Å². The second-order valence-corrected chi connectivity index (χ2v) is 9.17. The predicted molar refractivity (Wildman–Crippen MR) is 138 cm³/mol. The minimum Gasteiger partial charge on any atom is -0.326 e. The van der Waals surface area contributed by atoms with Crippen molar-refractivity contribution in [2.75, 3.05) is 11.9 Å². The molecule has 1 N–H and O–H groups in total. The molecule has 4 aromatic rings. The zero-order chi connectivity index (χ0) is 25.2. The number of amides is 2. The van der Waals surface area contributed by atoms with Crippen molar-refractivity contribution < 1.29 is 14.0 Å². The molecule has 3 aromatic carbocycles. The Kier molecular flexibility index (Phi) is 6.38. The highest BCUT2D eigenvalue weighted by molar-refractivity contribution is 5.99. The Bertz CT molecular complexity index is 1410. The van der Waals surface area contributed by atoms with Crippen LogP contribution in [0.4, 0.5) is 10.3 Å². The highest BCUT2D eigenvalue weighted by Gasteiger charge is 2.34. The zero-order valence-electron chi connectivity index (χ0n) is 20.2. The molecule has 0 saturated heterocycles. The van der Waals surface area contributed by atoms with Gasteiger partial charge in [-0.2, -0.15) is 0 Å². The van der Waals surface area contributed by atoms with Gasteiger partial charge in [-0.1, -0.05) is 36.4 Å². The van der Waals surface area contributed by atoms with E-state index >= 15 is 0 Å². The van der Waals surface area contributed by atoms with Crippen LogP contribution in [0, 0.1) is 19.7 Å². The van der Waals surface area contributed by atoms with Gasteiger partial charge in [0.1, 0.15) is 12.4 Å². The van der Waals surface area contributed by atoms with Crippen LogP contribution in [0.15, 0.2) is 79.0 Å². The lowest BCUT2D eigenvalue weighted by molar-refractivity contribution is -0.117. The number of anilines is 1. The molecule has 1 saturated carbocycles. The molecule has 0 aliphatic heterocycles. The Balaban J connectivity index is 1.42. The normalized spacial score (nSPS) is 12.9. The average Bonchev–Trinajstić information content (AvgIpc) is 3.64. The molecule has 0 radical (unpaired) electrons. The van der Waals surface area contributed by atoms with E-state index in [2.05, 4.69) is 18.3 Å². The number of nitrogens with one attached hydrogen (secondary N) is 1. The van der Waals surface area contributed by atoms with Crippen LogP contribution in [0.25, 0.3) is 16.9 Å². The first-order valence-electron chi connectivity index (χ1n) is 12.0. The number of imidazole rings is 1. The molecule has 1 heterocycles. The summed E-state index contributed by atoms with van der Waals surface area (Å²) in [6.45, 7) is 3.98. The largest absolute Gasteiger partial charge is 0.326 e. The number of nitrogens with zero attached hydrogens (tertiary/aromatic N) is 3. The molecule has 1 aromatic heterocycles. The van der Waals surface area contributed by atoms with E-state index in [0.29, 0.717) is 11.5 Å². The van der Waals surface area contributed by atoms with Gasteiger partial charge in [0.2, 0.25) is 11.9 Å². The third kappa shape index (κ3) is 5.05. The number of rotatable bonds is 7. The first kappa shape index (κ1) is 23.5. The van der Waals surface area contributed by atoms with Gasteiger partial charge in [-0.3, -0.25) is 19.5 Å². The summed E-state index contributed by atoms with van der Waals surface area (Å²) in [6, 6.07) is 21.2. The van der Waals surface area contributed by atoms with Gasteiger partial charge in [0.05, 0.1) is 5.69 Å². The Labute approximate surface area is 209 Å². The van der Waals surface area contributed by atoms with E-state index in [1.165, 1.54) is 29.8 Å². The van der Waals surface area contributed by atoms with E-state index in [4.69, 9.17) is 4.98 Å². The Hall–Kier alpha value is -4.26. The quantitative estimate of drug-likeness (QED) is 0.376. The Morgan fingerprint density at radius 2 is 1.72 bits per heavy atom.